The molecule has 0 aliphatic heterocycles. The van der Waals surface area contributed by atoms with Crippen LogP contribution in [0.1, 0.15) is 21.8 Å². The minimum absolute atomic E-state index is 0.246. The third-order valence-corrected chi connectivity index (χ3v) is 5.86. The second-order valence-electron chi connectivity index (χ2n) is 6.25. The summed E-state index contributed by atoms with van der Waals surface area (Å²) in [4.78, 5) is 17.2. The Balaban J connectivity index is 1.47. The molecule has 5 nitrogen and oxygen atoms in total. The van der Waals surface area contributed by atoms with E-state index >= 15 is 0 Å². The fourth-order valence-corrected chi connectivity index (χ4v) is 4.10. The first-order valence-electron chi connectivity index (χ1n) is 8.61. The number of carbonyl (C=O) groups is 1. The number of benzene rings is 2. The molecule has 2 aromatic heterocycles. The molecule has 1 amide bonds. The van der Waals surface area contributed by atoms with Gasteiger partial charge in [0, 0.05) is 26.4 Å². The van der Waals surface area contributed by atoms with Gasteiger partial charge in [0.25, 0.3) is 5.91 Å². The predicted octanol–water partition coefficient (Wildman–Crippen LogP) is 5.57. The van der Waals surface area contributed by atoms with Crippen molar-refractivity contribution in [1.29, 1.82) is 0 Å². The Morgan fingerprint density at radius 1 is 1.25 bits per heavy atom. The van der Waals surface area contributed by atoms with Crippen molar-refractivity contribution >= 4 is 44.1 Å². The number of thiazole rings is 1. The van der Waals surface area contributed by atoms with Crippen molar-refractivity contribution in [3.63, 3.8) is 0 Å². The Kier molecular flexibility index (Phi) is 5.19. The first-order valence-corrected chi connectivity index (χ1v) is 10.3. The van der Waals surface area contributed by atoms with E-state index in [1.54, 1.807) is 18.4 Å². The molecule has 0 bridgehead atoms. The lowest BCUT2D eigenvalue weighted by molar-refractivity contribution is 0.0924. The molecular weight excluding hydrogens is 440 g/mol. The molecule has 4 rings (SSSR count). The summed E-state index contributed by atoms with van der Waals surface area (Å²) < 4.78 is 11.9. The van der Waals surface area contributed by atoms with Crippen molar-refractivity contribution in [2.24, 2.45) is 0 Å². The summed E-state index contributed by atoms with van der Waals surface area (Å²) in [5.74, 6) is 0.892. The number of nitrogens with zero attached hydrogens (tertiary/aromatic N) is 1. The van der Waals surface area contributed by atoms with Crippen LogP contribution in [0.2, 0.25) is 0 Å². The minimum atomic E-state index is -0.246. The summed E-state index contributed by atoms with van der Waals surface area (Å²) in [6.45, 7) is 2.23. The lowest BCUT2D eigenvalue weighted by atomic mass is 10.1. The monoisotopic (exact) mass is 456 g/mol. The highest BCUT2D eigenvalue weighted by atomic mass is 79.9. The van der Waals surface area contributed by atoms with Crippen LogP contribution in [-0.4, -0.2) is 18.0 Å². The molecule has 28 heavy (non-hydrogen) atoms. The van der Waals surface area contributed by atoms with Crippen molar-refractivity contribution in [3.05, 3.63) is 69.3 Å². The Labute approximate surface area is 174 Å². The molecule has 0 saturated heterocycles. The first kappa shape index (κ1) is 18.7. The van der Waals surface area contributed by atoms with Gasteiger partial charge in [-0.2, -0.15) is 0 Å². The largest absolute Gasteiger partial charge is 0.497 e. The lowest BCUT2D eigenvalue weighted by Gasteiger charge is -2.02. The minimum Gasteiger partial charge on any atom is -0.497 e. The fourth-order valence-electron chi connectivity index (χ4n) is 2.92. The number of aromatic nitrogens is 1. The van der Waals surface area contributed by atoms with Gasteiger partial charge in [0.1, 0.15) is 16.3 Å². The third kappa shape index (κ3) is 3.68. The standard InChI is InChI=1S/C21H17BrN2O3S/c1-12-17-9-14(22)5-8-18(17)27-19(12)20(25)23-10-15-11-28-21(24-15)13-3-6-16(26-2)7-4-13/h3-9,11H,10H2,1-2H3,(H,23,25). The quantitative estimate of drug-likeness (QED) is 0.426. The van der Waals surface area contributed by atoms with Crippen LogP contribution in [0.3, 0.4) is 0 Å². The van der Waals surface area contributed by atoms with Crippen LogP contribution >= 0.6 is 27.3 Å². The van der Waals surface area contributed by atoms with E-state index in [2.05, 4.69) is 26.2 Å². The van der Waals surface area contributed by atoms with E-state index in [0.717, 1.165) is 37.4 Å². The van der Waals surface area contributed by atoms with E-state index < -0.39 is 0 Å². The summed E-state index contributed by atoms with van der Waals surface area (Å²) in [6, 6.07) is 13.4. The second-order valence-corrected chi connectivity index (χ2v) is 8.03. The Bertz CT molecular complexity index is 1150. The van der Waals surface area contributed by atoms with Gasteiger partial charge in [0.05, 0.1) is 19.3 Å². The number of ether oxygens (including phenoxy) is 1. The SMILES string of the molecule is COc1ccc(-c2nc(CNC(=O)c3oc4ccc(Br)cc4c3C)cs2)cc1. The number of nitrogens with one attached hydrogen (secondary N) is 1. The van der Waals surface area contributed by atoms with Gasteiger partial charge in [0.15, 0.2) is 5.76 Å². The van der Waals surface area contributed by atoms with Gasteiger partial charge in [-0.1, -0.05) is 15.9 Å². The van der Waals surface area contributed by atoms with Gasteiger partial charge >= 0.3 is 0 Å². The number of amides is 1. The van der Waals surface area contributed by atoms with Crippen molar-refractivity contribution in [3.8, 4) is 16.3 Å². The van der Waals surface area contributed by atoms with Gasteiger partial charge < -0.3 is 14.5 Å². The number of hydrogen-bond donors (Lipinski definition) is 1. The number of rotatable bonds is 5. The molecule has 0 radical (unpaired) electrons. The smallest absolute Gasteiger partial charge is 0.287 e. The van der Waals surface area contributed by atoms with Gasteiger partial charge in [-0.25, -0.2) is 4.98 Å². The Morgan fingerprint density at radius 2 is 2.04 bits per heavy atom. The van der Waals surface area contributed by atoms with E-state index in [-0.39, 0.29) is 5.91 Å². The average molecular weight is 457 g/mol. The molecule has 0 unspecified atom stereocenters. The molecule has 142 valence electrons. The molecule has 0 saturated carbocycles. The highest BCUT2D eigenvalue weighted by Crippen LogP contribution is 2.28. The van der Waals surface area contributed by atoms with E-state index in [0.29, 0.717) is 17.9 Å². The van der Waals surface area contributed by atoms with Gasteiger partial charge in [-0.05, 0) is 49.4 Å². The molecule has 1 N–H and O–H groups in total. The van der Waals surface area contributed by atoms with E-state index in [1.807, 2.05) is 54.8 Å². The zero-order chi connectivity index (χ0) is 19.7. The highest BCUT2D eigenvalue weighted by molar-refractivity contribution is 9.10. The molecule has 0 aliphatic carbocycles. The van der Waals surface area contributed by atoms with Gasteiger partial charge in [0.2, 0.25) is 0 Å². The predicted molar refractivity (Wildman–Crippen MR) is 114 cm³/mol. The molecule has 7 heteroatoms. The van der Waals surface area contributed by atoms with Crippen molar-refractivity contribution in [2.45, 2.75) is 13.5 Å². The van der Waals surface area contributed by atoms with E-state index in [1.165, 1.54) is 0 Å². The molecule has 4 aromatic rings. The number of carbonyl (C=O) groups excluding carboxylic acids is 1. The van der Waals surface area contributed by atoms with Crippen molar-refractivity contribution in [2.75, 3.05) is 7.11 Å². The molecule has 0 fully saturated rings. The number of methoxy groups -OCH3 is 1. The van der Waals surface area contributed by atoms with Crippen LogP contribution in [-0.2, 0) is 6.54 Å². The zero-order valence-electron chi connectivity index (χ0n) is 15.3. The zero-order valence-corrected chi connectivity index (χ0v) is 17.7. The van der Waals surface area contributed by atoms with Crippen molar-refractivity contribution in [1.82, 2.24) is 10.3 Å². The van der Waals surface area contributed by atoms with E-state index in [4.69, 9.17) is 9.15 Å². The van der Waals surface area contributed by atoms with Crippen molar-refractivity contribution < 1.29 is 13.9 Å². The van der Waals surface area contributed by atoms with Gasteiger partial charge in [-0.15, -0.1) is 11.3 Å². The fraction of sp³-hybridized carbons (Fsp3) is 0.143. The number of fused-ring (bicyclic) bond motifs is 1. The van der Waals surface area contributed by atoms with Crippen LogP contribution in [0.4, 0.5) is 0 Å². The second kappa shape index (κ2) is 7.77. The molecule has 0 aliphatic rings. The maximum Gasteiger partial charge on any atom is 0.287 e. The van der Waals surface area contributed by atoms with E-state index in [9.17, 15) is 4.79 Å². The summed E-state index contributed by atoms with van der Waals surface area (Å²) >= 11 is 4.99. The Morgan fingerprint density at radius 3 is 2.79 bits per heavy atom. The maximum absolute atomic E-state index is 12.6. The van der Waals surface area contributed by atoms with Crippen LogP contribution in [0.5, 0.6) is 5.75 Å². The Hall–Kier alpha value is -2.64. The summed E-state index contributed by atoms with van der Waals surface area (Å²) in [7, 11) is 1.64. The maximum atomic E-state index is 12.6. The van der Waals surface area contributed by atoms with Crippen LogP contribution in [0, 0.1) is 6.92 Å². The third-order valence-electron chi connectivity index (χ3n) is 4.42. The molecule has 0 atom stereocenters. The van der Waals surface area contributed by atoms with Gasteiger partial charge in [-0.3, -0.25) is 4.79 Å². The van der Waals surface area contributed by atoms with Crippen LogP contribution in [0.15, 0.2) is 56.7 Å². The number of hydrogen-bond acceptors (Lipinski definition) is 5. The molecular formula is C21H17BrN2O3S. The summed E-state index contributed by atoms with van der Waals surface area (Å²) in [5.41, 5.74) is 3.34. The average Bonchev–Trinajstić information content (AvgIpc) is 3.31. The molecule has 2 heterocycles. The number of aryl methyl sites for hydroxylation is 1. The van der Waals surface area contributed by atoms with Crippen LogP contribution in [0.25, 0.3) is 21.5 Å². The lowest BCUT2D eigenvalue weighted by Crippen LogP contribution is -2.23. The highest BCUT2D eigenvalue weighted by Gasteiger charge is 2.18. The normalized spacial score (nSPS) is 11.0. The summed E-state index contributed by atoms with van der Waals surface area (Å²) in [6.07, 6.45) is 0. The molecule has 2 aromatic carbocycles. The number of halogens is 1. The first-order chi connectivity index (χ1) is 13.5. The molecule has 0 spiro atoms. The van der Waals surface area contributed by atoms with Crippen LogP contribution < -0.4 is 10.1 Å². The topological polar surface area (TPSA) is 64.4 Å². The summed E-state index contributed by atoms with van der Waals surface area (Å²) in [5, 5.41) is 6.67. The number of furan rings is 1.